The molecule has 0 saturated heterocycles. The van der Waals surface area contributed by atoms with Crippen LogP contribution in [0.5, 0.6) is 0 Å². The van der Waals surface area contributed by atoms with Crippen LogP contribution in [0, 0.1) is 11.8 Å². The van der Waals surface area contributed by atoms with E-state index in [4.69, 9.17) is 5.11 Å². The number of aliphatic carboxylic acids is 1. The summed E-state index contributed by atoms with van der Waals surface area (Å²) in [5.74, 6) is -0.631. The number of sulfone groups is 1. The van der Waals surface area contributed by atoms with Crippen molar-refractivity contribution in [1.29, 1.82) is 0 Å². The molecule has 0 bridgehead atoms. The van der Waals surface area contributed by atoms with Gasteiger partial charge in [-0.05, 0) is 31.6 Å². The van der Waals surface area contributed by atoms with Gasteiger partial charge >= 0.3 is 5.97 Å². The van der Waals surface area contributed by atoms with Gasteiger partial charge in [0.2, 0.25) is 0 Å². The van der Waals surface area contributed by atoms with Crippen LogP contribution in [0.15, 0.2) is 0 Å². The fraction of sp³-hybridized carbons (Fsp3) is 0.889. The molecule has 14 heavy (non-hydrogen) atoms. The van der Waals surface area contributed by atoms with E-state index < -0.39 is 15.8 Å². The zero-order valence-electron chi connectivity index (χ0n) is 8.27. The largest absolute Gasteiger partial charge is 0.481 e. The predicted molar refractivity (Wildman–Crippen MR) is 52.8 cm³/mol. The van der Waals surface area contributed by atoms with Crippen molar-refractivity contribution >= 4 is 15.8 Å². The van der Waals surface area contributed by atoms with E-state index in [1.165, 1.54) is 6.26 Å². The van der Waals surface area contributed by atoms with E-state index in [2.05, 4.69) is 0 Å². The summed E-state index contributed by atoms with van der Waals surface area (Å²) in [6.07, 6.45) is 3.93. The lowest BCUT2D eigenvalue weighted by Gasteiger charge is -2.25. The van der Waals surface area contributed by atoms with Crippen molar-refractivity contribution in [2.45, 2.75) is 25.7 Å². The van der Waals surface area contributed by atoms with Gasteiger partial charge in [0.25, 0.3) is 0 Å². The Balaban J connectivity index is 2.40. The second kappa shape index (κ2) is 4.29. The van der Waals surface area contributed by atoms with Gasteiger partial charge in [0, 0.05) is 6.26 Å². The first-order chi connectivity index (χ1) is 6.38. The van der Waals surface area contributed by atoms with E-state index in [1.807, 2.05) is 0 Å². The molecule has 1 aliphatic carbocycles. The highest BCUT2D eigenvalue weighted by atomic mass is 32.2. The van der Waals surface area contributed by atoms with Crippen LogP contribution in [0.4, 0.5) is 0 Å². The van der Waals surface area contributed by atoms with E-state index in [1.54, 1.807) is 0 Å². The van der Waals surface area contributed by atoms with Crippen molar-refractivity contribution in [3.05, 3.63) is 0 Å². The molecule has 0 amide bonds. The normalized spacial score (nSPS) is 28.6. The molecule has 1 saturated carbocycles. The van der Waals surface area contributed by atoms with Gasteiger partial charge in [-0.25, -0.2) is 8.42 Å². The second-order valence-electron chi connectivity index (χ2n) is 4.15. The van der Waals surface area contributed by atoms with Crippen LogP contribution in [0.1, 0.15) is 25.7 Å². The Morgan fingerprint density at radius 2 is 1.79 bits per heavy atom. The molecule has 0 aliphatic heterocycles. The molecule has 5 heteroatoms. The standard InChI is InChI=1S/C9H16O4S/c1-14(12,13)6-7-2-4-8(5-3-7)9(10)11/h7-8H,2-6H2,1H3,(H,10,11). The van der Waals surface area contributed by atoms with E-state index in [-0.39, 0.29) is 17.6 Å². The third-order valence-electron chi connectivity index (χ3n) is 2.73. The predicted octanol–water partition coefficient (Wildman–Crippen LogP) is 0.922. The van der Waals surface area contributed by atoms with Crippen LogP contribution >= 0.6 is 0 Å². The third-order valence-corrected chi connectivity index (χ3v) is 3.81. The molecule has 0 spiro atoms. The van der Waals surface area contributed by atoms with Crippen LogP contribution in [-0.2, 0) is 14.6 Å². The smallest absolute Gasteiger partial charge is 0.306 e. The molecule has 1 rings (SSSR count). The molecule has 0 unspecified atom stereocenters. The Kier molecular flexibility index (Phi) is 3.53. The van der Waals surface area contributed by atoms with Gasteiger partial charge in [0.1, 0.15) is 9.84 Å². The van der Waals surface area contributed by atoms with Crippen LogP contribution < -0.4 is 0 Å². The quantitative estimate of drug-likeness (QED) is 0.767. The molecular weight excluding hydrogens is 204 g/mol. The minimum atomic E-state index is -2.91. The van der Waals surface area contributed by atoms with Gasteiger partial charge in [-0.1, -0.05) is 0 Å². The summed E-state index contributed by atoms with van der Waals surface area (Å²) in [5, 5.41) is 8.74. The molecule has 1 fully saturated rings. The zero-order valence-corrected chi connectivity index (χ0v) is 9.09. The minimum Gasteiger partial charge on any atom is -0.481 e. The maximum Gasteiger partial charge on any atom is 0.306 e. The summed E-state index contributed by atoms with van der Waals surface area (Å²) < 4.78 is 22.0. The average molecular weight is 220 g/mol. The van der Waals surface area contributed by atoms with Crippen molar-refractivity contribution in [3.63, 3.8) is 0 Å². The van der Waals surface area contributed by atoms with Crippen molar-refractivity contribution < 1.29 is 18.3 Å². The average Bonchev–Trinajstić information content (AvgIpc) is 2.02. The van der Waals surface area contributed by atoms with Crippen LogP contribution in [0.2, 0.25) is 0 Å². The molecule has 0 heterocycles. The van der Waals surface area contributed by atoms with E-state index in [0.717, 1.165) is 12.8 Å². The third kappa shape index (κ3) is 3.65. The lowest BCUT2D eigenvalue weighted by Crippen LogP contribution is -2.25. The Morgan fingerprint density at radius 1 is 1.29 bits per heavy atom. The lowest BCUT2D eigenvalue weighted by molar-refractivity contribution is -0.143. The first kappa shape index (κ1) is 11.5. The summed E-state index contributed by atoms with van der Waals surface area (Å²) in [6.45, 7) is 0. The zero-order chi connectivity index (χ0) is 10.8. The van der Waals surface area contributed by atoms with E-state index in [0.29, 0.717) is 12.8 Å². The number of rotatable bonds is 3. The molecule has 0 aromatic heterocycles. The Morgan fingerprint density at radius 3 is 2.14 bits per heavy atom. The maximum absolute atomic E-state index is 11.0. The fourth-order valence-electron chi connectivity index (χ4n) is 2.00. The van der Waals surface area contributed by atoms with Crippen molar-refractivity contribution in [2.24, 2.45) is 11.8 Å². The monoisotopic (exact) mass is 220 g/mol. The first-order valence-corrected chi connectivity index (χ1v) is 6.85. The Hall–Kier alpha value is -0.580. The number of carbonyl (C=O) groups is 1. The highest BCUT2D eigenvalue weighted by Crippen LogP contribution is 2.29. The Labute approximate surface area is 84.2 Å². The van der Waals surface area contributed by atoms with Crippen molar-refractivity contribution in [1.82, 2.24) is 0 Å². The van der Waals surface area contributed by atoms with Crippen LogP contribution in [0.3, 0.4) is 0 Å². The van der Waals surface area contributed by atoms with E-state index >= 15 is 0 Å². The molecule has 1 N–H and O–H groups in total. The van der Waals surface area contributed by atoms with E-state index in [9.17, 15) is 13.2 Å². The van der Waals surface area contributed by atoms with Gasteiger partial charge in [-0.15, -0.1) is 0 Å². The van der Waals surface area contributed by atoms with Crippen molar-refractivity contribution in [2.75, 3.05) is 12.0 Å². The highest BCUT2D eigenvalue weighted by Gasteiger charge is 2.27. The number of carboxylic acids is 1. The van der Waals surface area contributed by atoms with Gasteiger partial charge in [0.15, 0.2) is 0 Å². The molecule has 0 atom stereocenters. The molecule has 4 nitrogen and oxygen atoms in total. The molecule has 1 aliphatic rings. The molecule has 0 aromatic rings. The molecule has 0 radical (unpaired) electrons. The van der Waals surface area contributed by atoms with Gasteiger partial charge in [-0.2, -0.15) is 0 Å². The fourth-order valence-corrected chi connectivity index (χ4v) is 3.19. The Bertz CT molecular complexity index is 299. The van der Waals surface area contributed by atoms with Crippen molar-refractivity contribution in [3.8, 4) is 0 Å². The summed E-state index contributed by atoms with van der Waals surface area (Å²) in [4.78, 5) is 10.6. The number of hydrogen-bond donors (Lipinski definition) is 1. The van der Waals surface area contributed by atoms with Gasteiger partial charge in [-0.3, -0.25) is 4.79 Å². The number of carboxylic acid groups (broad SMARTS) is 1. The van der Waals surface area contributed by atoms with Gasteiger partial charge in [0.05, 0.1) is 11.7 Å². The molecule has 82 valence electrons. The minimum absolute atomic E-state index is 0.167. The summed E-state index contributed by atoms with van der Waals surface area (Å²) >= 11 is 0. The van der Waals surface area contributed by atoms with Crippen LogP contribution in [0.25, 0.3) is 0 Å². The summed E-state index contributed by atoms with van der Waals surface area (Å²) in [7, 11) is -2.91. The molecule has 0 aromatic carbocycles. The van der Waals surface area contributed by atoms with Crippen LogP contribution in [-0.4, -0.2) is 31.5 Å². The second-order valence-corrected chi connectivity index (χ2v) is 6.33. The first-order valence-electron chi connectivity index (χ1n) is 4.79. The maximum atomic E-state index is 11.0. The number of hydrogen-bond acceptors (Lipinski definition) is 3. The highest BCUT2D eigenvalue weighted by molar-refractivity contribution is 7.90. The topological polar surface area (TPSA) is 71.4 Å². The summed E-state index contributed by atoms with van der Waals surface area (Å²) in [5.41, 5.74) is 0. The SMILES string of the molecule is CS(=O)(=O)CC1CCC(C(=O)O)CC1. The lowest BCUT2D eigenvalue weighted by atomic mass is 9.83. The molecular formula is C9H16O4S. The van der Waals surface area contributed by atoms with Gasteiger partial charge < -0.3 is 5.11 Å². The summed E-state index contributed by atoms with van der Waals surface area (Å²) in [6, 6.07) is 0.